The van der Waals surface area contributed by atoms with Crippen molar-refractivity contribution in [2.75, 3.05) is 6.61 Å². The smallest absolute Gasteiger partial charge is 0.232 e. The van der Waals surface area contributed by atoms with Gasteiger partial charge in [-0.2, -0.15) is 0 Å². The van der Waals surface area contributed by atoms with Crippen LogP contribution in [-0.2, 0) is 9.57 Å². The van der Waals surface area contributed by atoms with E-state index in [0.717, 1.165) is 18.7 Å². The summed E-state index contributed by atoms with van der Waals surface area (Å²) < 4.78 is 5.55. The highest BCUT2D eigenvalue weighted by atomic mass is 16.8. The minimum atomic E-state index is -0.161. The molecule has 1 aliphatic rings. The maximum Gasteiger partial charge on any atom is 0.232 e. The van der Waals surface area contributed by atoms with Gasteiger partial charge in [0.2, 0.25) is 6.29 Å². The molecule has 0 aromatic carbocycles. The lowest BCUT2D eigenvalue weighted by molar-refractivity contribution is -0.130. The van der Waals surface area contributed by atoms with Crippen molar-refractivity contribution < 1.29 is 9.57 Å². The Morgan fingerprint density at radius 3 is 2.57 bits per heavy atom. The lowest BCUT2D eigenvalue weighted by atomic mass is 9.88. The van der Waals surface area contributed by atoms with Gasteiger partial charge in [-0.25, -0.2) is 0 Å². The van der Waals surface area contributed by atoms with Crippen LogP contribution in [0, 0.1) is 11.3 Å². The van der Waals surface area contributed by atoms with Gasteiger partial charge in [-0.3, -0.25) is 0 Å². The Morgan fingerprint density at radius 1 is 1.50 bits per heavy atom. The van der Waals surface area contributed by atoms with Gasteiger partial charge in [0, 0.05) is 5.41 Å². The SMILES string of the molecule is CC(C)COC1CC(C(C)(C)C)=NO1. The van der Waals surface area contributed by atoms with Crippen LogP contribution in [0.25, 0.3) is 0 Å². The van der Waals surface area contributed by atoms with E-state index in [1.165, 1.54) is 0 Å². The van der Waals surface area contributed by atoms with Crippen LogP contribution in [0.4, 0.5) is 0 Å². The molecule has 1 unspecified atom stereocenters. The number of hydrogen-bond acceptors (Lipinski definition) is 3. The van der Waals surface area contributed by atoms with Gasteiger partial charge >= 0.3 is 0 Å². The molecule has 14 heavy (non-hydrogen) atoms. The summed E-state index contributed by atoms with van der Waals surface area (Å²) in [7, 11) is 0. The second kappa shape index (κ2) is 4.30. The molecule has 82 valence electrons. The van der Waals surface area contributed by atoms with Crippen LogP contribution >= 0.6 is 0 Å². The van der Waals surface area contributed by atoms with Gasteiger partial charge in [-0.1, -0.05) is 39.8 Å². The highest BCUT2D eigenvalue weighted by Crippen LogP contribution is 2.25. The topological polar surface area (TPSA) is 30.8 Å². The number of ether oxygens (including phenoxy) is 1. The van der Waals surface area contributed by atoms with Gasteiger partial charge in [0.05, 0.1) is 18.7 Å². The fraction of sp³-hybridized carbons (Fsp3) is 0.909. The third-order valence-corrected chi connectivity index (χ3v) is 2.12. The summed E-state index contributed by atoms with van der Waals surface area (Å²) in [4.78, 5) is 5.21. The number of rotatable bonds is 3. The predicted molar refractivity (Wildman–Crippen MR) is 57.2 cm³/mol. The number of oxime groups is 1. The van der Waals surface area contributed by atoms with Gasteiger partial charge in [-0.15, -0.1) is 0 Å². The van der Waals surface area contributed by atoms with Crippen molar-refractivity contribution in [2.45, 2.75) is 47.3 Å². The van der Waals surface area contributed by atoms with Crippen molar-refractivity contribution in [3.05, 3.63) is 0 Å². The molecule has 0 N–H and O–H groups in total. The van der Waals surface area contributed by atoms with Crippen molar-refractivity contribution in [3.8, 4) is 0 Å². The Bertz CT molecular complexity index is 216. The Kier molecular flexibility index (Phi) is 3.53. The molecule has 0 spiro atoms. The zero-order chi connectivity index (χ0) is 10.8. The number of hydrogen-bond donors (Lipinski definition) is 0. The number of nitrogens with zero attached hydrogens (tertiary/aromatic N) is 1. The molecule has 1 aliphatic heterocycles. The van der Waals surface area contributed by atoms with Gasteiger partial charge in [0.1, 0.15) is 0 Å². The standard InChI is InChI=1S/C11H21NO2/c1-8(2)7-13-10-6-9(12-14-10)11(3,4)5/h8,10H,6-7H2,1-5H3. The zero-order valence-corrected chi connectivity index (χ0v) is 9.83. The fourth-order valence-corrected chi connectivity index (χ4v) is 1.19. The molecule has 3 nitrogen and oxygen atoms in total. The van der Waals surface area contributed by atoms with Gasteiger partial charge in [-0.05, 0) is 5.92 Å². The van der Waals surface area contributed by atoms with E-state index in [1.807, 2.05) is 0 Å². The molecule has 1 heterocycles. The van der Waals surface area contributed by atoms with E-state index in [9.17, 15) is 0 Å². The fourth-order valence-electron chi connectivity index (χ4n) is 1.19. The summed E-state index contributed by atoms with van der Waals surface area (Å²) >= 11 is 0. The summed E-state index contributed by atoms with van der Waals surface area (Å²) in [5.41, 5.74) is 1.18. The molecular weight excluding hydrogens is 178 g/mol. The van der Waals surface area contributed by atoms with Crippen LogP contribution in [0.1, 0.15) is 41.0 Å². The maximum atomic E-state index is 5.55. The van der Waals surface area contributed by atoms with E-state index < -0.39 is 0 Å². The monoisotopic (exact) mass is 199 g/mol. The predicted octanol–water partition coefficient (Wildman–Crippen LogP) is 2.81. The Hall–Kier alpha value is -0.570. The second-order valence-electron chi connectivity index (χ2n) is 5.25. The minimum absolute atomic E-state index is 0.0932. The average Bonchev–Trinajstić information content (AvgIpc) is 2.47. The van der Waals surface area contributed by atoms with Crippen LogP contribution in [0.3, 0.4) is 0 Å². The molecule has 0 saturated carbocycles. The molecule has 0 bridgehead atoms. The first-order valence-corrected chi connectivity index (χ1v) is 5.24. The van der Waals surface area contributed by atoms with Crippen molar-refractivity contribution in [3.63, 3.8) is 0 Å². The molecule has 0 fully saturated rings. The van der Waals surface area contributed by atoms with Crippen LogP contribution in [0.15, 0.2) is 5.16 Å². The lowest BCUT2D eigenvalue weighted by Gasteiger charge is -2.17. The van der Waals surface area contributed by atoms with Crippen molar-refractivity contribution in [2.24, 2.45) is 16.5 Å². The molecule has 1 rings (SSSR count). The van der Waals surface area contributed by atoms with Crippen LogP contribution in [0.5, 0.6) is 0 Å². The molecule has 0 aromatic heterocycles. The summed E-state index contributed by atoms with van der Waals surface area (Å²) in [5, 5.41) is 4.06. The van der Waals surface area contributed by atoms with Gasteiger partial charge in [0.25, 0.3) is 0 Å². The third-order valence-electron chi connectivity index (χ3n) is 2.12. The minimum Gasteiger partial charge on any atom is -0.363 e. The normalized spacial score (nSPS) is 22.4. The quantitative estimate of drug-likeness (QED) is 0.699. The van der Waals surface area contributed by atoms with Crippen LogP contribution in [0.2, 0.25) is 0 Å². The van der Waals surface area contributed by atoms with Crippen LogP contribution in [-0.4, -0.2) is 18.6 Å². The molecule has 3 heteroatoms. The first-order valence-electron chi connectivity index (χ1n) is 5.24. The second-order valence-corrected chi connectivity index (χ2v) is 5.25. The Morgan fingerprint density at radius 2 is 2.14 bits per heavy atom. The summed E-state index contributed by atoms with van der Waals surface area (Å²) in [6.45, 7) is 11.4. The van der Waals surface area contributed by atoms with E-state index in [0.29, 0.717) is 5.92 Å². The van der Waals surface area contributed by atoms with Crippen molar-refractivity contribution >= 4 is 5.71 Å². The van der Waals surface area contributed by atoms with Crippen molar-refractivity contribution in [1.82, 2.24) is 0 Å². The van der Waals surface area contributed by atoms with Gasteiger partial charge < -0.3 is 9.57 Å². The Balaban J connectivity index is 2.32. The summed E-state index contributed by atoms with van der Waals surface area (Å²) in [5.74, 6) is 0.539. The molecule has 0 aromatic rings. The Labute approximate surface area is 86.5 Å². The van der Waals surface area contributed by atoms with Crippen LogP contribution < -0.4 is 0 Å². The first-order chi connectivity index (χ1) is 6.39. The molecule has 0 aliphatic carbocycles. The van der Waals surface area contributed by atoms with E-state index in [1.54, 1.807) is 0 Å². The first kappa shape index (κ1) is 11.5. The summed E-state index contributed by atoms with van der Waals surface area (Å²) in [6.07, 6.45) is 0.641. The largest absolute Gasteiger partial charge is 0.363 e. The lowest BCUT2D eigenvalue weighted by Crippen LogP contribution is -2.22. The maximum absolute atomic E-state index is 5.55. The molecule has 0 amide bonds. The van der Waals surface area contributed by atoms with E-state index in [2.05, 4.69) is 39.8 Å². The zero-order valence-electron chi connectivity index (χ0n) is 9.83. The molecule has 0 radical (unpaired) electrons. The van der Waals surface area contributed by atoms with E-state index in [-0.39, 0.29) is 11.7 Å². The van der Waals surface area contributed by atoms with Gasteiger partial charge in [0.15, 0.2) is 0 Å². The molecule has 0 saturated heterocycles. The third kappa shape index (κ3) is 3.29. The summed E-state index contributed by atoms with van der Waals surface area (Å²) in [6, 6.07) is 0. The highest BCUT2D eigenvalue weighted by molar-refractivity contribution is 5.89. The molecular formula is C11H21NO2. The van der Waals surface area contributed by atoms with E-state index in [4.69, 9.17) is 9.57 Å². The highest BCUT2D eigenvalue weighted by Gasteiger charge is 2.29. The van der Waals surface area contributed by atoms with E-state index >= 15 is 0 Å². The molecule has 1 atom stereocenters. The van der Waals surface area contributed by atoms with Crippen molar-refractivity contribution in [1.29, 1.82) is 0 Å². The average molecular weight is 199 g/mol.